The molecule has 0 aliphatic rings. The molecule has 0 radical (unpaired) electrons. The van der Waals surface area contributed by atoms with Crippen LogP contribution < -0.4 is 4.74 Å². The Labute approximate surface area is 126 Å². The molecule has 1 rings (SSSR count). The molecule has 0 saturated carbocycles. The van der Waals surface area contributed by atoms with Crippen molar-refractivity contribution < 1.29 is 14.3 Å². The number of nitriles is 1. The largest absolute Gasteiger partial charge is 0.491 e. The van der Waals surface area contributed by atoms with E-state index >= 15 is 0 Å². The number of rotatable bonds is 8. The number of amides is 1. The molecule has 0 fully saturated rings. The Balaban J connectivity index is 2.84. The fourth-order valence-corrected chi connectivity index (χ4v) is 1.86. The molecular weight excluding hydrogens is 268 g/mol. The molecule has 0 N–H and O–H groups in total. The summed E-state index contributed by atoms with van der Waals surface area (Å²) in [7, 11) is 1.59. The van der Waals surface area contributed by atoms with Crippen LogP contribution in [-0.2, 0) is 4.74 Å². The van der Waals surface area contributed by atoms with Crippen LogP contribution in [0.25, 0.3) is 0 Å². The maximum atomic E-state index is 12.5. The number of nitrogens with zero attached hydrogens (tertiary/aromatic N) is 2. The maximum Gasteiger partial charge on any atom is 0.254 e. The van der Waals surface area contributed by atoms with E-state index in [4.69, 9.17) is 14.7 Å². The third-order valence-corrected chi connectivity index (χ3v) is 2.80. The van der Waals surface area contributed by atoms with Gasteiger partial charge in [-0.25, -0.2) is 0 Å². The molecule has 0 aliphatic carbocycles. The fourth-order valence-electron chi connectivity index (χ4n) is 1.86. The van der Waals surface area contributed by atoms with E-state index in [-0.39, 0.29) is 12.0 Å². The summed E-state index contributed by atoms with van der Waals surface area (Å²) in [4.78, 5) is 14.1. The Morgan fingerprint density at radius 2 is 2.14 bits per heavy atom. The van der Waals surface area contributed by atoms with Gasteiger partial charge >= 0.3 is 0 Å². The first-order valence-corrected chi connectivity index (χ1v) is 7.00. The van der Waals surface area contributed by atoms with Crippen LogP contribution in [0.2, 0.25) is 0 Å². The van der Waals surface area contributed by atoms with E-state index < -0.39 is 0 Å². The second kappa shape index (κ2) is 8.98. The van der Waals surface area contributed by atoms with Gasteiger partial charge in [-0.3, -0.25) is 4.79 Å². The molecule has 0 heterocycles. The van der Waals surface area contributed by atoms with Crippen molar-refractivity contribution in [2.24, 2.45) is 0 Å². The van der Waals surface area contributed by atoms with Crippen molar-refractivity contribution in [3.05, 3.63) is 29.8 Å². The van der Waals surface area contributed by atoms with Crippen molar-refractivity contribution in [3.63, 3.8) is 0 Å². The number of hydrogen-bond acceptors (Lipinski definition) is 4. The molecule has 0 saturated heterocycles. The molecule has 5 heteroatoms. The molecule has 21 heavy (non-hydrogen) atoms. The predicted octanol–water partition coefficient (Wildman–Crippen LogP) is 2.48. The topological polar surface area (TPSA) is 62.6 Å². The van der Waals surface area contributed by atoms with Gasteiger partial charge in [0.25, 0.3) is 5.91 Å². The zero-order valence-electron chi connectivity index (χ0n) is 12.8. The van der Waals surface area contributed by atoms with Crippen LogP contribution in [0.1, 0.15) is 30.6 Å². The minimum Gasteiger partial charge on any atom is -0.491 e. The molecule has 1 aromatic rings. The minimum absolute atomic E-state index is 0.0542. The third kappa shape index (κ3) is 5.84. The summed E-state index contributed by atoms with van der Waals surface area (Å²) >= 11 is 0. The monoisotopic (exact) mass is 290 g/mol. The summed E-state index contributed by atoms with van der Waals surface area (Å²) in [6.07, 6.45) is 0.357. The van der Waals surface area contributed by atoms with E-state index in [1.807, 2.05) is 19.9 Å². The van der Waals surface area contributed by atoms with Gasteiger partial charge in [0, 0.05) is 25.8 Å². The van der Waals surface area contributed by atoms with Crippen LogP contribution in [0.3, 0.4) is 0 Å². The molecular formula is C16H22N2O3. The Morgan fingerprint density at radius 1 is 1.38 bits per heavy atom. The maximum absolute atomic E-state index is 12.5. The zero-order valence-corrected chi connectivity index (χ0v) is 12.8. The van der Waals surface area contributed by atoms with E-state index in [9.17, 15) is 4.79 Å². The quantitative estimate of drug-likeness (QED) is 0.738. The summed E-state index contributed by atoms with van der Waals surface area (Å²) in [5, 5.41) is 8.70. The lowest BCUT2D eigenvalue weighted by Gasteiger charge is -2.21. The highest BCUT2D eigenvalue weighted by molar-refractivity contribution is 5.94. The first-order valence-electron chi connectivity index (χ1n) is 7.00. The molecule has 0 aliphatic heterocycles. The van der Waals surface area contributed by atoms with Crippen molar-refractivity contribution in [2.75, 3.05) is 26.8 Å². The van der Waals surface area contributed by atoms with Gasteiger partial charge in [0.05, 0.1) is 25.2 Å². The van der Waals surface area contributed by atoms with Crippen molar-refractivity contribution in [1.29, 1.82) is 5.26 Å². The Hall–Kier alpha value is -2.06. The lowest BCUT2D eigenvalue weighted by atomic mass is 10.2. The van der Waals surface area contributed by atoms with Gasteiger partial charge in [-0.05, 0) is 32.0 Å². The van der Waals surface area contributed by atoms with Crippen molar-refractivity contribution >= 4 is 5.91 Å². The smallest absolute Gasteiger partial charge is 0.254 e. The Morgan fingerprint density at radius 3 is 2.76 bits per heavy atom. The molecule has 0 spiro atoms. The fraction of sp³-hybridized carbons (Fsp3) is 0.500. The molecule has 0 bridgehead atoms. The Bertz CT molecular complexity index is 495. The lowest BCUT2D eigenvalue weighted by Crippen LogP contribution is -2.34. The van der Waals surface area contributed by atoms with Gasteiger partial charge < -0.3 is 14.4 Å². The van der Waals surface area contributed by atoms with Crippen LogP contribution in [0.4, 0.5) is 0 Å². The van der Waals surface area contributed by atoms with Crippen molar-refractivity contribution in [2.45, 2.75) is 26.4 Å². The van der Waals surface area contributed by atoms with Crippen LogP contribution in [0.15, 0.2) is 24.3 Å². The van der Waals surface area contributed by atoms with Gasteiger partial charge in [-0.15, -0.1) is 0 Å². The van der Waals surface area contributed by atoms with E-state index in [1.165, 1.54) is 0 Å². The van der Waals surface area contributed by atoms with Crippen LogP contribution in [0.5, 0.6) is 5.75 Å². The summed E-state index contributed by atoms with van der Waals surface area (Å²) in [6.45, 7) is 5.18. The van der Waals surface area contributed by atoms with Crippen LogP contribution >= 0.6 is 0 Å². The molecule has 1 amide bonds. The minimum atomic E-state index is -0.114. The number of carbonyl (C=O) groups is 1. The van der Waals surface area contributed by atoms with Crippen molar-refractivity contribution in [3.8, 4) is 11.8 Å². The van der Waals surface area contributed by atoms with E-state index in [1.54, 1.807) is 30.2 Å². The van der Waals surface area contributed by atoms with Gasteiger partial charge in [-0.2, -0.15) is 5.26 Å². The number of carbonyl (C=O) groups excluding carboxylic acids is 1. The third-order valence-electron chi connectivity index (χ3n) is 2.80. The molecule has 0 unspecified atom stereocenters. The average molecular weight is 290 g/mol. The van der Waals surface area contributed by atoms with Gasteiger partial charge in [0.15, 0.2) is 0 Å². The van der Waals surface area contributed by atoms with Gasteiger partial charge in [-0.1, -0.05) is 6.07 Å². The normalized spacial score (nSPS) is 10.2. The zero-order chi connectivity index (χ0) is 15.7. The van der Waals surface area contributed by atoms with Gasteiger partial charge in [0.2, 0.25) is 0 Å². The summed E-state index contributed by atoms with van der Waals surface area (Å²) in [6, 6.07) is 9.16. The van der Waals surface area contributed by atoms with Crippen LogP contribution in [0, 0.1) is 11.3 Å². The van der Waals surface area contributed by atoms with E-state index in [0.29, 0.717) is 37.4 Å². The lowest BCUT2D eigenvalue weighted by molar-refractivity contribution is 0.0699. The number of methoxy groups -OCH3 is 1. The molecule has 114 valence electrons. The second-order valence-electron chi connectivity index (χ2n) is 4.89. The summed E-state index contributed by atoms with van der Waals surface area (Å²) in [5.74, 6) is 0.555. The number of ether oxygens (including phenoxy) is 2. The van der Waals surface area contributed by atoms with Gasteiger partial charge in [0.1, 0.15) is 5.75 Å². The van der Waals surface area contributed by atoms with E-state index in [0.717, 1.165) is 0 Å². The second-order valence-corrected chi connectivity index (χ2v) is 4.89. The highest BCUT2D eigenvalue weighted by atomic mass is 16.5. The highest BCUT2D eigenvalue weighted by Crippen LogP contribution is 2.16. The summed E-state index contributed by atoms with van der Waals surface area (Å²) in [5.41, 5.74) is 0.558. The average Bonchev–Trinajstić information content (AvgIpc) is 2.46. The predicted molar refractivity (Wildman–Crippen MR) is 80.2 cm³/mol. The van der Waals surface area contributed by atoms with Crippen molar-refractivity contribution in [1.82, 2.24) is 4.90 Å². The SMILES string of the molecule is COCCN(CCC#N)C(=O)c1cccc(OC(C)C)c1. The first kappa shape index (κ1) is 17.0. The van der Waals surface area contributed by atoms with Crippen LogP contribution in [-0.4, -0.2) is 43.7 Å². The number of hydrogen-bond donors (Lipinski definition) is 0. The van der Waals surface area contributed by atoms with E-state index in [2.05, 4.69) is 6.07 Å². The summed E-state index contributed by atoms with van der Waals surface area (Å²) < 4.78 is 10.6. The molecule has 5 nitrogen and oxygen atoms in total. The highest BCUT2D eigenvalue weighted by Gasteiger charge is 2.16. The standard InChI is InChI=1S/C16H22N2O3/c1-13(2)21-15-7-4-6-14(12-15)16(19)18(9-5-8-17)10-11-20-3/h4,6-7,12-13H,5,9-11H2,1-3H3. The molecule has 1 aromatic carbocycles. The molecule has 0 aromatic heterocycles. The Kier molecular flexibility index (Phi) is 7.27. The molecule has 0 atom stereocenters. The number of benzene rings is 1. The first-order chi connectivity index (χ1) is 10.1.